The molecule has 2 N–H and O–H groups in total. The van der Waals surface area contributed by atoms with Crippen molar-refractivity contribution in [3.05, 3.63) is 59.4 Å². The molecule has 3 rings (SSSR count). The van der Waals surface area contributed by atoms with Gasteiger partial charge in [0.2, 0.25) is 5.91 Å². The maximum absolute atomic E-state index is 12.9. The van der Waals surface area contributed by atoms with Gasteiger partial charge in [-0.15, -0.1) is 0 Å². The molecule has 0 radical (unpaired) electrons. The van der Waals surface area contributed by atoms with Crippen molar-refractivity contribution >= 4 is 17.5 Å². The third kappa shape index (κ3) is 2.70. The molecular weight excluding hydrogens is 290 g/mol. The van der Waals surface area contributed by atoms with Crippen LogP contribution in [0.5, 0.6) is 0 Å². The van der Waals surface area contributed by atoms with E-state index in [0.717, 1.165) is 16.9 Å². The predicted octanol–water partition coefficient (Wildman–Crippen LogP) is 2.40. The fourth-order valence-corrected chi connectivity index (χ4v) is 3.18. The van der Waals surface area contributed by atoms with Crippen LogP contribution >= 0.6 is 0 Å². The summed E-state index contributed by atoms with van der Waals surface area (Å²) in [6, 6.07) is 12.7. The first-order valence-corrected chi connectivity index (χ1v) is 7.64. The largest absolute Gasteiger partial charge is 0.369 e. The molecule has 118 valence electrons. The second-order valence-corrected chi connectivity index (χ2v) is 5.94. The Balaban J connectivity index is 2.07. The van der Waals surface area contributed by atoms with Crippen LogP contribution in [0.2, 0.25) is 0 Å². The summed E-state index contributed by atoms with van der Waals surface area (Å²) in [7, 11) is 0. The van der Waals surface area contributed by atoms with Gasteiger partial charge in [-0.3, -0.25) is 9.59 Å². The summed E-state index contributed by atoms with van der Waals surface area (Å²) in [5, 5.41) is 0. The number of pyridine rings is 1. The number of anilines is 1. The average Bonchev–Trinajstić information content (AvgIpc) is 2.53. The van der Waals surface area contributed by atoms with Crippen LogP contribution in [0.25, 0.3) is 0 Å². The molecule has 1 aromatic carbocycles. The Hall–Kier alpha value is -2.69. The van der Waals surface area contributed by atoms with E-state index in [2.05, 4.69) is 4.98 Å². The van der Waals surface area contributed by atoms with Crippen LogP contribution in [-0.4, -0.2) is 22.8 Å². The lowest BCUT2D eigenvalue weighted by atomic mass is 9.85. The summed E-state index contributed by atoms with van der Waals surface area (Å²) in [6.07, 6.45) is 0.518. The highest BCUT2D eigenvalue weighted by molar-refractivity contribution is 6.06. The molecule has 0 saturated heterocycles. The van der Waals surface area contributed by atoms with Crippen molar-refractivity contribution < 1.29 is 9.59 Å². The first kappa shape index (κ1) is 15.2. The number of nitrogens with zero attached hydrogens (tertiary/aromatic N) is 2. The Kier molecular flexibility index (Phi) is 3.86. The zero-order valence-electron chi connectivity index (χ0n) is 13.2. The van der Waals surface area contributed by atoms with Crippen LogP contribution in [0.15, 0.2) is 42.5 Å². The topological polar surface area (TPSA) is 76.3 Å². The van der Waals surface area contributed by atoms with Crippen LogP contribution < -0.4 is 10.6 Å². The zero-order valence-corrected chi connectivity index (χ0v) is 13.2. The van der Waals surface area contributed by atoms with Crippen LogP contribution in [-0.2, 0) is 4.79 Å². The quantitative estimate of drug-likeness (QED) is 0.925. The number of carbonyl (C=O) groups is 2. The number of hydrogen-bond donors (Lipinski definition) is 1. The van der Waals surface area contributed by atoms with Crippen molar-refractivity contribution in [1.29, 1.82) is 0 Å². The fraction of sp³-hybridized carbons (Fsp3) is 0.278. The molecule has 0 fully saturated rings. The molecule has 2 amide bonds. The summed E-state index contributed by atoms with van der Waals surface area (Å²) in [5.74, 6) is -0.877. The third-order valence-electron chi connectivity index (χ3n) is 4.26. The molecule has 2 atom stereocenters. The highest BCUT2D eigenvalue weighted by atomic mass is 16.2. The van der Waals surface area contributed by atoms with E-state index in [-0.39, 0.29) is 23.8 Å². The molecule has 1 aliphatic heterocycles. The van der Waals surface area contributed by atoms with Gasteiger partial charge in [0, 0.05) is 17.4 Å². The Morgan fingerprint density at radius 3 is 2.61 bits per heavy atom. The van der Waals surface area contributed by atoms with Gasteiger partial charge >= 0.3 is 0 Å². The Morgan fingerprint density at radius 2 is 1.91 bits per heavy atom. The fourth-order valence-electron chi connectivity index (χ4n) is 3.18. The second kappa shape index (κ2) is 5.83. The number of nitrogens with two attached hydrogens (primary N) is 1. The lowest BCUT2D eigenvalue weighted by molar-refractivity contribution is -0.119. The summed E-state index contributed by atoms with van der Waals surface area (Å²) in [6.45, 7) is 3.78. The molecule has 0 spiro atoms. The van der Waals surface area contributed by atoms with E-state index < -0.39 is 0 Å². The average molecular weight is 309 g/mol. The van der Waals surface area contributed by atoms with Gasteiger partial charge in [-0.25, -0.2) is 4.98 Å². The van der Waals surface area contributed by atoms with Crippen LogP contribution in [0.4, 0.5) is 5.69 Å². The lowest BCUT2D eigenvalue weighted by Gasteiger charge is -2.38. The van der Waals surface area contributed by atoms with Crippen molar-refractivity contribution in [2.75, 3.05) is 4.90 Å². The number of para-hydroxylation sites is 1. The van der Waals surface area contributed by atoms with Gasteiger partial charge in [-0.05, 0) is 44.0 Å². The first-order chi connectivity index (χ1) is 11.0. The molecule has 2 aromatic rings. The molecule has 0 saturated carbocycles. The van der Waals surface area contributed by atoms with Gasteiger partial charge in [0.25, 0.3) is 5.91 Å². The normalized spacial score (nSPS) is 20.0. The number of primary amides is 1. The molecule has 0 bridgehead atoms. The number of benzene rings is 1. The standard InChI is InChI=1S/C18H19N3O2/c1-11-6-5-8-15(20-11)18(23)21-12(2)10-14(17(19)22)13-7-3-4-9-16(13)21/h3-9,12,14H,10H2,1-2H3,(H2,19,22)/t12-,14+/m1/s1. The van der Waals surface area contributed by atoms with E-state index in [1.54, 1.807) is 11.0 Å². The van der Waals surface area contributed by atoms with Gasteiger partial charge in [0.05, 0.1) is 5.92 Å². The van der Waals surface area contributed by atoms with E-state index in [4.69, 9.17) is 5.73 Å². The molecule has 0 aliphatic carbocycles. The van der Waals surface area contributed by atoms with E-state index in [1.165, 1.54) is 0 Å². The predicted molar refractivity (Wildman–Crippen MR) is 88.2 cm³/mol. The van der Waals surface area contributed by atoms with Crippen molar-refractivity contribution in [3.8, 4) is 0 Å². The van der Waals surface area contributed by atoms with Gasteiger partial charge in [-0.1, -0.05) is 24.3 Å². The Bertz CT molecular complexity index is 772. The summed E-state index contributed by atoms with van der Waals surface area (Å²) in [4.78, 5) is 30.8. The van der Waals surface area contributed by atoms with Gasteiger partial charge < -0.3 is 10.6 Å². The number of rotatable bonds is 2. The number of hydrogen-bond acceptors (Lipinski definition) is 3. The molecule has 23 heavy (non-hydrogen) atoms. The van der Waals surface area contributed by atoms with Crippen molar-refractivity contribution in [2.45, 2.75) is 32.2 Å². The Morgan fingerprint density at radius 1 is 1.17 bits per heavy atom. The molecular formula is C18H19N3O2. The zero-order chi connectivity index (χ0) is 16.6. The molecule has 1 aromatic heterocycles. The van der Waals surface area contributed by atoms with Gasteiger partial charge in [0.15, 0.2) is 0 Å². The first-order valence-electron chi connectivity index (χ1n) is 7.64. The number of amides is 2. The van der Waals surface area contributed by atoms with Crippen molar-refractivity contribution in [1.82, 2.24) is 4.98 Å². The van der Waals surface area contributed by atoms with E-state index in [0.29, 0.717) is 12.1 Å². The molecule has 5 heteroatoms. The third-order valence-corrected chi connectivity index (χ3v) is 4.26. The van der Waals surface area contributed by atoms with Gasteiger partial charge in [-0.2, -0.15) is 0 Å². The minimum absolute atomic E-state index is 0.128. The van der Waals surface area contributed by atoms with Crippen LogP contribution in [0, 0.1) is 6.92 Å². The molecule has 5 nitrogen and oxygen atoms in total. The smallest absolute Gasteiger partial charge is 0.277 e. The number of aryl methyl sites for hydroxylation is 1. The van der Waals surface area contributed by atoms with Crippen molar-refractivity contribution in [3.63, 3.8) is 0 Å². The lowest BCUT2D eigenvalue weighted by Crippen LogP contribution is -2.45. The highest BCUT2D eigenvalue weighted by Gasteiger charge is 2.36. The summed E-state index contributed by atoms with van der Waals surface area (Å²) in [5.41, 5.74) is 8.29. The number of carbonyl (C=O) groups excluding carboxylic acids is 2. The highest BCUT2D eigenvalue weighted by Crippen LogP contribution is 2.38. The maximum atomic E-state index is 12.9. The van der Waals surface area contributed by atoms with E-state index >= 15 is 0 Å². The minimum atomic E-state index is -0.365. The van der Waals surface area contributed by atoms with Crippen LogP contribution in [0.3, 0.4) is 0 Å². The van der Waals surface area contributed by atoms with E-state index in [1.807, 2.05) is 50.2 Å². The van der Waals surface area contributed by atoms with Gasteiger partial charge in [0.1, 0.15) is 5.69 Å². The van der Waals surface area contributed by atoms with E-state index in [9.17, 15) is 9.59 Å². The Labute approximate surface area is 135 Å². The SMILES string of the molecule is Cc1cccc(C(=O)N2c3ccccc3[C@@H](C(N)=O)C[C@H]2C)n1. The molecule has 1 aliphatic rings. The number of aromatic nitrogens is 1. The minimum Gasteiger partial charge on any atom is -0.369 e. The molecule has 0 unspecified atom stereocenters. The van der Waals surface area contributed by atoms with Crippen LogP contribution in [0.1, 0.15) is 41.0 Å². The van der Waals surface area contributed by atoms with Crippen molar-refractivity contribution in [2.24, 2.45) is 5.73 Å². The molecule has 2 heterocycles. The second-order valence-electron chi connectivity index (χ2n) is 5.94. The maximum Gasteiger partial charge on any atom is 0.277 e. The summed E-state index contributed by atoms with van der Waals surface area (Å²) < 4.78 is 0. The summed E-state index contributed by atoms with van der Waals surface area (Å²) >= 11 is 0. The monoisotopic (exact) mass is 309 g/mol. The number of fused-ring (bicyclic) bond motifs is 1.